The molecule has 0 saturated heterocycles. The monoisotopic (exact) mass is 330 g/mol. The first-order valence-electron chi connectivity index (χ1n) is 7.10. The van der Waals surface area contributed by atoms with Gasteiger partial charge in [0, 0.05) is 13.6 Å². The predicted molar refractivity (Wildman–Crippen MR) is 87.6 cm³/mol. The molecule has 6 heteroatoms. The second kappa shape index (κ2) is 7.27. The van der Waals surface area contributed by atoms with E-state index in [1.807, 2.05) is 37.3 Å². The summed E-state index contributed by atoms with van der Waals surface area (Å²) < 4.78 is 31.8. The Morgan fingerprint density at radius 3 is 2.61 bits per heavy atom. The number of hydrogen-bond acceptors (Lipinski definition) is 4. The molecule has 0 bridgehead atoms. The van der Waals surface area contributed by atoms with Gasteiger partial charge in [-0.3, -0.25) is 0 Å². The first-order chi connectivity index (χ1) is 10.9. The van der Waals surface area contributed by atoms with Crippen molar-refractivity contribution in [2.45, 2.75) is 11.8 Å². The van der Waals surface area contributed by atoms with E-state index in [1.165, 1.54) is 23.5 Å². The minimum atomic E-state index is -3.63. The molecule has 2 aromatic rings. The number of rotatable bonds is 6. The van der Waals surface area contributed by atoms with Crippen LogP contribution in [0.5, 0.6) is 5.75 Å². The Balaban J connectivity index is 2.03. The van der Waals surface area contributed by atoms with Crippen molar-refractivity contribution in [1.82, 2.24) is 4.31 Å². The van der Waals surface area contributed by atoms with E-state index in [2.05, 4.69) is 0 Å². The van der Waals surface area contributed by atoms with E-state index in [9.17, 15) is 8.42 Å². The van der Waals surface area contributed by atoms with Crippen molar-refractivity contribution in [2.75, 3.05) is 20.2 Å². The van der Waals surface area contributed by atoms with Crippen molar-refractivity contribution in [1.29, 1.82) is 5.26 Å². The number of nitriles is 1. The van der Waals surface area contributed by atoms with Gasteiger partial charge in [-0.25, -0.2) is 8.42 Å². The largest absolute Gasteiger partial charge is 0.492 e. The maximum Gasteiger partial charge on any atom is 0.242 e. The molecule has 0 atom stereocenters. The number of benzene rings is 2. The van der Waals surface area contributed by atoms with Crippen molar-refractivity contribution < 1.29 is 13.2 Å². The molecule has 0 radical (unpaired) electrons. The number of ether oxygens (including phenoxy) is 1. The second-order valence-corrected chi connectivity index (χ2v) is 7.13. The summed E-state index contributed by atoms with van der Waals surface area (Å²) >= 11 is 0. The van der Waals surface area contributed by atoms with Crippen molar-refractivity contribution >= 4 is 10.0 Å². The van der Waals surface area contributed by atoms with Crippen LogP contribution in [0.4, 0.5) is 0 Å². The number of aryl methyl sites for hydroxylation is 1. The summed E-state index contributed by atoms with van der Waals surface area (Å²) in [5, 5.41) is 8.88. The molecule has 0 saturated carbocycles. The molecule has 2 aromatic carbocycles. The van der Waals surface area contributed by atoms with E-state index in [4.69, 9.17) is 10.00 Å². The molecule has 5 nitrogen and oxygen atoms in total. The lowest BCUT2D eigenvalue weighted by molar-refractivity contribution is 0.285. The zero-order valence-corrected chi connectivity index (χ0v) is 13.9. The smallest absolute Gasteiger partial charge is 0.242 e. The van der Waals surface area contributed by atoms with Gasteiger partial charge >= 0.3 is 0 Å². The third-order valence-electron chi connectivity index (χ3n) is 3.43. The van der Waals surface area contributed by atoms with Crippen LogP contribution in [0.2, 0.25) is 0 Å². The highest BCUT2D eigenvalue weighted by Crippen LogP contribution is 2.18. The maximum atomic E-state index is 12.5. The first-order valence-corrected chi connectivity index (χ1v) is 8.54. The minimum absolute atomic E-state index is 0.106. The van der Waals surface area contributed by atoms with Gasteiger partial charge in [0.25, 0.3) is 0 Å². The Kier molecular flexibility index (Phi) is 5.37. The van der Waals surface area contributed by atoms with Crippen LogP contribution in [0.15, 0.2) is 53.4 Å². The Hall–Kier alpha value is -2.36. The molecule has 2 rings (SSSR count). The van der Waals surface area contributed by atoms with Crippen LogP contribution < -0.4 is 4.74 Å². The summed E-state index contributed by atoms with van der Waals surface area (Å²) in [4.78, 5) is 0.106. The summed E-state index contributed by atoms with van der Waals surface area (Å²) in [6, 6.07) is 15.5. The van der Waals surface area contributed by atoms with Gasteiger partial charge in [-0.05, 0) is 36.8 Å². The summed E-state index contributed by atoms with van der Waals surface area (Å²) in [6.07, 6.45) is 0. The van der Waals surface area contributed by atoms with Gasteiger partial charge in [-0.1, -0.05) is 24.3 Å². The highest BCUT2D eigenvalue weighted by Gasteiger charge is 2.20. The highest BCUT2D eigenvalue weighted by molar-refractivity contribution is 7.89. The van der Waals surface area contributed by atoms with Crippen LogP contribution in [0.25, 0.3) is 0 Å². The molecule has 0 aliphatic carbocycles. The Morgan fingerprint density at radius 1 is 1.17 bits per heavy atom. The molecule has 0 aliphatic rings. The lowest BCUT2D eigenvalue weighted by Gasteiger charge is -2.18. The molecular weight excluding hydrogens is 312 g/mol. The number of hydrogen-bond donors (Lipinski definition) is 0. The lowest BCUT2D eigenvalue weighted by Crippen LogP contribution is -2.31. The first kappa shape index (κ1) is 17.0. The predicted octanol–water partition coefficient (Wildman–Crippen LogP) is 2.57. The average Bonchev–Trinajstić information content (AvgIpc) is 2.56. The van der Waals surface area contributed by atoms with Crippen molar-refractivity contribution in [3.05, 3.63) is 59.7 Å². The highest BCUT2D eigenvalue weighted by atomic mass is 32.2. The molecule has 0 amide bonds. The molecule has 23 heavy (non-hydrogen) atoms. The molecule has 0 aliphatic heterocycles. The molecule has 120 valence electrons. The van der Waals surface area contributed by atoms with Crippen LogP contribution in [0, 0.1) is 18.3 Å². The SMILES string of the molecule is Cc1ccccc1OCCN(C)S(=O)(=O)c1cccc(C#N)c1. The van der Waals surface area contributed by atoms with E-state index < -0.39 is 10.0 Å². The van der Waals surface area contributed by atoms with E-state index in [0.29, 0.717) is 5.56 Å². The van der Waals surface area contributed by atoms with Gasteiger partial charge in [-0.15, -0.1) is 0 Å². The van der Waals surface area contributed by atoms with Gasteiger partial charge in [0.2, 0.25) is 10.0 Å². The summed E-state index contributed by atoms with van der Waals surface area (Å²) in [5.41, 5.74) is 1.32. The Labute approximate surface area is 136 Å². The minimum Gasteiger partial charge on any atom is -0.492 e. The van der Waals surface area contributed by atoms with Crippen molar-refractivity contribution in [3.8, 4) is 11.8 Å². The van der Waals surface area contributed by atoms with Crippen LogP contribution in [-0.4, -0.2) is 32.9 Å². The van der Waals surface area contributed by atoms with Crippen LogP contribution in [-0.2, 0) is 10.0 Å². The zero-order valence-electron chi connectivity index (χ0n) is 13.1. The second-order valence-electron chi connectivity index (χ2n) is 5.08. The van der Waals surface area contributed by atoms with Crippen LogP contribution >= 0.6 is 0 Å². The van der Waals surface area contributed by atoms with Crippen molar-refractivity contribution in [3.63, 3.8) is 0 Å². The molecule has 0 fully saturated rings. The van der Waals surface area contributed by atoms with E-state index in [1.54, 1.807) is 12.1 Å². The van der Waals surface area contributed by atoms with Gasteiger partial charge in [0.1, 0.15) is 12.4 Å². The third kappa shape index (κ3) is 4.09. The fraction of sp³-hybridized carbons (Fsp3) is 0.235. The topological polar surface area (TPSA) is 70.4 Å². The van der Waals surface area contributed by atoms with E-state index in [0.717, 1.165) is 11.3 Å². The maximum absolute atomic E-state index is 12.5. The normalized spacial score (nSPS) is 11.2. The zero-order chi connectivity index (χ0) is 16.9. The quantitative estimate of drug-likeness (QED) is 0.816. The molecule has 0 unspecified atom stereocenters. The summed E-state index contributed by atoms with van der Waals surface area (Å²) in [6.45, 7) is 2.40. The molecule has 0 spiro atoms. The third-order valence-corrected chi connectivity index (χ3v) is 5.28. The summed E-state index contributed by atoms with van der Waals surface area (Å²) in [7, 11) is -2.14. The standard InChI is InChI=1S/C17H18N2O3S/c1-14-6-3-4-9-17(14)22-11-10-19(2)23(20,21)16-8-5-7-15(12-16)13-18/h3-9,12H,10-11H2,1-2H3. The fourth-order valence-electron chi connectivity index (χ4n) is 2.03. The number of sulfonamides is 1. The van der Waals surface area contributed by atoms with Crippen LogP contribution in [0.3, 0.4) is 0 Å². The number of nitrogens with zero attached hydrogens (tertiary/aromatic N) is 2. The summed E-state index contributed by atoms with van der Waals surface area (Å²) in [5.74, 6) is 0.741. The van der Waals surface area contributed by atoms with E-state index >= 15 is 0 Å². The van der Waals surface area contributed by atoms with Gasteiger partial charge in [0.15, 0.2) is 0 Å². The Morgan fingerprint density at radius 2 is 1.91 bits per heavy atom. The molecule has 0 heterocycles. The lowest BCUT2D eigenvalue weighted by atomic mass is 10.2. The Bertz CT molecular complexity index is 826. The fourth-order valence-corrected chi connectivity index (χ4v) is 3.23. The van der Waals surface area contributed by atoms with Crippen molar-refractivity contribution in [2.24, 2.45) is 0 Å². The van der Waals surface area contributed by atoms with Gasteiger partial charge in [-0.2, -0.15) is 9.57 Å². The van der Waals surface area contributed by atoms with E-state index in [-0.39, 0.29) is 18.0 Å². The average molecular weight is 330 g/mol. The number of likely N-dealkylation sites (N-methyl/N-ethyl adjacent to an activating group) is 1. The van der Waals surface area contributed by atoms with Crippen LogP contribution in [0.1, 0.15) is 11.1 Å². The van der Waals surface area contributed by atoms with Gasteiger partial charge < -0.3 is 4.74 Å². The molecule has 0 N–H and O–H groups in total. The molecule has 0 aromatic heterocycles. The number of para-hydroxylation sites is 1. The van der Waals surface area contributed by atoms with Gasteiger partial charge in [0.05, 0.1) is 16.5 Å². The molecular formula is C17H18N2O3S.